The molecule has 1 atom stereocenters. The lowest BCUT2D eigenvalue weighted by molar-refractivity contribution is -0.385. The SMILES string of the molecule is COc1cc(OCC(=O)N2CCCC(N)C2)ccc1[N+](=O)[O-].Cl. The number of carbonyl (C=O) groups is 1. The number of likely N-dealkylation sites (tertiary alicyclic amines) is 1. The summed E-state index contributed by atoms with van der Waals surface area (Å²) in [5, 5.41) is 10.8. The van der Waals surface area contributed by atoms with Crippen LogP contribution >= 0.6 is 12.4 Å². The first-order valence-electron chi connectivity index (χ1n) is 7.00. The third-order valence-electron chi connectivity index (χ3n) is 3.52. The summed E-state index contributed by atoms with van der Waals surface area (Å²) < 4.78 is 10.3. The van der Waals surface area contributed by atoms with E-state index in [4.69, 9.17) is 15.2 Å². The summed E-state index contributed by atoms with van der Waals surface area (Å²) in [5.74, 6) is 0.291. The van der Waals surface area contributed by atoms with Crippen LogP contribution in [-0.2, 0) is 4.79 Å². The Hall–Kier alpha value is -2.06. The molecule has 1 aliphatic heterocycles. The van der Waals surface area contributed by atoms with Gasteiger partial charge in [-0.05, 0) is 18.9 Å². The fourth-order valence-electron chi connectivity index (χ4n) is 2.37. The van der Waals surface area contributed by atoms with Gasteiger partial charge in [-0.15, -0.1) is 12.4 Å². The first-order valence-corrected chi connectivity index (χ1v) is 7.00. The second-order valence-electron chi connectivity index (χ2n) is 5.12. The van der Waals surface area contributed by atoms with E-state index in [1.807, 2.05) is 0 Å². The van der Waals surface area contributed by atoms with Crippen molar-refractivity contribution in [2.24, 2.45) is 5.73 Å². The molecule has 1 unspecified atom stereocenters. The summed E-state index contributed by atoms with van der Waals surface area (Å²) in [7, 11) is 1.34. The Kier molecular flexibility index (Phi) is 7.05. The largest absolute Gasteiger partial charge is 0.490 e. The number of nitro groups is 1. The Balaban J connectivity index is 0.00000264. The van der Waals surface area contributed by atoms with Gasteiger partial charge in [0.1, 0.15) is 5.75 Å². The molecule has 2 N–H and O–H groups in total. The maximum Gasteiger partial charge on any atom is 0.311 e. The van der Waals surface area contributed by atoms with Gasteiger partial charge in [0, 0.05) is 31.3 Å². The van der Waals surface area contributed by atoms with Crippen molar-refractivity contribution in [3.05, 3.63) is 28.3 Å². The van der Waals surface area contributed by atoms with Crippen LogP contribution in [-0.4, -0.2) is 48.6 Å². The van der Waals surface area contributed by atoms with Crippen molar-refractivity contribution in [1.82, 2.24) is 4.90 Å². The van der Waals surface area contributed by atoms with Crippen molar-refractivity contribution in [1.29, 1.82) is 0 Å². The van der Waals surface area contributed by atoms with Crippen LogP contribution in [0.25, 0.3) is 0 Å². The molecule has 9 heteroatoms. The number of nitrogens with two attached hydrogens (primary N) is 1. The minimum atomic E-state index is -0.539. The van der Waals surface area contributed by atoms with E-state index in [1.165, 1.54) is 25.3 Å². The van der Waals surface area contributed by atoms with Crippen LogP contribution in [0, 0.1) is 10.1 Å². The topological polar surface area (TPSA) is 108 Å². The van der Waals surface area contributed by atoms with Crippen LogP contribution in [0.15, 0.2) is 18.2 Å². The van der Waals surface area contributed by atoms with Crippen LogP contribution in [0.2, 0.25) is 0 Å². The van der Waals surface area contributed by atoms with E-state index in [2.05, 4.69) is 0 Å². The summed E-state index contributed by atoms with van der Waals surface area (Å²) in [6, 6.07) is 4.13. The third-order valence-corrected chi connectivity index (χ3v) is 3.52. The molecule has 8 nitrogen and oxygen atoms in total. The van der Waals surface area contributed by atoms with Gasteiger partial charge in [-0.1, -0.05) is 0 Å². The van der Waals surface area contributed by atoms with Crippen LogP contribution in [0.4, 0.5) is 5.69 Å². The maximum absolute atomic E-state index is 12.1. The van der Waals surface area contributed by atoms with Gasteiger partial charge >= 0.3 is 5.69 Å². The van der Waals surface area contributed by atoms with Crippen molar-refractivity contribution in [2.45, 2.75) is 18.9 Å². The van der Waals surface area contributed by atoms with Gasteiger partial charge in [0.25, 0.3) is 5.91 Å². The molecule has 1 amide bonds. The Bertz CT molecular complexity index is 569. The lowest BCUT2D eigenvalue weighted by Crippen LogP contribution is -2.47. The molecule has 23 heavy (non-hydrogen) atoms. The molecule has 128 valence electrons. The van der Waals surface area contributed by atoms with Crippen molar-refractivity contribution in [3.8, 4) is 11.5 Å². The van der Waals surface area contributed by atoms with Crippen molar-refractivity contribution in [3.63, 3.8) is 0 Å². The molecule has 0 aliphatic carbocycles. The number of hydrogen-bond acceptors (Lipinski definition) is 6. The lowest BCUT2D eigenvalue weighted by atomic mass is 10.1. The Morgan fingerprint density at radius 1 is 1.52 bits per heavy atom. The van der Waals surface area contributed by atoms with Crippen molar-refractivity contribution < 1.29 is 19.2 Å². The zero-order valence-corrected chi connectivity index (χ0v) is 13.6. The molecule has 1 aromatic rings. The van der Waals surface area contributed by atoms with Crippen molar-refractivity contribution in [2.75, 3.05) is 26.8 Å². The number of nitrogens with zero attached hydrogens (tertiary/aromatic N) is 2. The number of methoxy groups -OCH3 is 1. The number of rotatable bonds is 5. The van der Waals surface area contributed by atoms with Gasteiger partial charge in [-0.2, -0.15) is 0 Å². The lowest BCUT2D eigenvalue weighted by Gasteiger charge is -2.30. The number of nitro benzene ring substituents is 1. The van der Waals surface area contributed by atoms with Gasteiger partial charge < -0.3 is 20.1 Å². The third kappa shape index (κ3) is 4.97. The van der Waals surface area contributed by atoms with E-state index < -0.39 is 4.92 Å². The minimum Gasteiger partial charge on any atom is -0.490 e. The van der Waals surface area contributed by atoms with Gasteiger partial charge in [0.05, 0.1) is 12.0 Å². The molecule has 0 spiro atoms. The fourth-order valence-corrected chi connectivity index (χ4v) is 2.37. The summed E-state index contributed by atoms with van der Waals surface area (Å²) in [5.41, 5.74) is 5.69. The summed E-state index contributed by atoms with van der Waals surface area (Å²) in [4.78, 5) is 24.0. The highest BCUT2D eigenvalue weighted by Crippen LogP contribution is 2.30. The van der Waals surface area contributed by atoms with E-state index in [1.54, 1.807) is 4.90 Å². The Labute approximate surface area is 140 Å². The smallest absolute Gasteiger partial charge is 0.311 e. The Morgan fingerprint density at radius 2 is 2.26 bits per heavy atom. The molecule has 0 radical (unpaired) electrons. The van der Waals surface area contributed by atoms with Crippen LogP contribution < -0.4 is 15.2 Å². The van der Waals surface area contributed by atoms with E-state index >= 15 is 0 Å². The molecular weight excluding hydrogens is 326 g/mol. The highest BCUT2D eigenvalue weighted by atomic mass is 35.5. The predicted octanol–water partition coefficient (Wildman–Crippen LogP) is 1.35. The zero-order chi connectivity index (χ0) is 16.1. The molecule has 1 aliphatic rings. The number of hydrogen-bond donors (Lipinski definition) is 1. The van der Waals surface area contributed by atoms with Gasteiger partial charge in [-0.25, -0.2) is 0 Å². The van der Waals surface area contributed by atoms with E-state index in [9.17, 15) is 14.9 Å². The predicted molar refractivity (Wildman–Crippen MR) is 86.2 cm³/mol. The molecule has 0 saturated carbocycles. The first-order chi connectivity index (χ1) is 10.5. The zero-order valence-electron chi connectivity index (χ0n) is 12.8. The molecule has 1 saturated heterocycles. The standard InChI is InChI=1S/C14H19N3O5.ClH/c1-21-13-7-11(4-5-12(13)17(19)20)22-9-14(18)16-6-2-3-10(15)8-16;/h4-5,7,10H,2-3,6,8-9,15H2,1H3;1H. The first kappa shape index (κ1) is 19.0. The van der Waals surface area contributed by atoms with Crippen LogP contribution in [0.5, 0.6) is 11.5 Å². The molecule has 1 fully saturated rings. The van der Waals surface area contributed by atoms with Crippen LogP contribution in [0.1, 0.15) is 12.8 Å². The quantitative estimate of drug-likeness (QED) is 0.637. The van der Waals surface area contributed by atoms with Gasteiger partial charge in [0.2, 0.25) is 5.75 Å². The monoisotopic (exact) mass is 345 g/mol. The van der Waals surface area contributed by atoms with Crippen LogP contribution in [0.3, 0.4) is 0 Å². The Morgan fingerprint density at radius 3 is 2.87 bits per heavy atom. The van der Waals surface area contributed by atoms with E-state index in [0.29, 0.717) is 18.8 Å². The van der Waals surface area contributed by atoms with Gasteiger partial charge in [0.15, 0.2) is 6.61 Å². The molecule has 2 rings (SSSR count). The second kappa shape index (κ2) is 8.54. The number of carbonyl (C=O) groups excluding carboxylic acids is 1. The molecule has 0 bridgehead atoms. The van der Waals surface area contributed by atoms with Crippen molar-refractivity contribution >= 4 is 24.0 Å². The minimum absolute atomic E-state index is 0. The summed E-state index contributed by atoms with van der Waals surface area (Å²) >= 11 is 0. The average molecular weight is 346 g/mol. The van der Waals surface area contributed by atoms with E-state index in [0.717, 1.165) is 12.8 Å². The number of ether oxygens (including phenoxy) is 2. The molecule has 1 aromatic carbocycles. The maximum atomic E-state index is 12.1. The highest BCUT2D eigenvalue weighted by Gasteiger charge is 2.22. The van der Waals surface area contributed by atoms with E-state index in [-0.39, 0.29) is 42.4 Å². The molecule has 0 aromatic heterocycles. The summed E-state index contributed by atoms with van der Waals surface area (Å²) in [6.07, 6.45) is 1.81. The van der Waals surface area contributed by atoms with Gasteiger partial charge in [-0.3, -0.25) is 14.9 Å². The number of amides is 1. The second-order valence-corrected chi connectivity index (χ2v) is 5.12. The molecular formula is C14H20ClN3O5. The number of halogens is 1. The number of piperidine rings is 1. The number of benzene rings is 1. The normalized spacial score (nSPS) is 17.1. The average Bonchev–Trinajstić information content (AvgIpc) is 2.52. The summed E-state index contributed by atoms with van der Waals surface area (Å²) in [6.45, 7) is 1.08. The fraction of sp³-hybridized carbons (Fsp3) is 0.500. The highest BCUT2D eigenvalue weighted by molar-refractivity contribution is 5.85. The molecule has 1 heterocycles.